The fourth-order valence-electron chi connectivity index (χ4n) is 1.84. The standard InChI is InChI=1S/C13H13N3O3/c1-9(4-5-11-3-2-6-19-11)16-8-10(7-14)12(17)15-13(16)18/h2-3,6,8-9H,4-5H2,1H3,(H,15,17,18). The van der Waals surface area contributed by atoms with Crippen LogP contribution in [0.1, 0.15) is 30.7 Å². The van der Waals surface area contributed by atoms with Gasteiger partial charge in [-0.1, -0.05) is 0 Å². The van der Waals surface area contributed by atoms with Gasteiger partial charge in [-0.05, 0) is 25.5 Å². The summed E-state index contributed by atoms with van der Waals surface area (Å²) in [6.07, 6.45) is 4.25. The molecule has 1 atom stereocenters. The zero-order chi connectivity index (χ0) is 13.8. The molecule has 0 saturated carbocycles. The molecular formula is C13H13N3O3. The Kier molecular flexibility index (Phi) is 3.66. The molecule has 0 saturated heterocycles. The quantitative estimate of drug-likeness (QED) is 0.892. The molecule has 0 aliphatic carbocycles. The second-order valence-corrected chi connectivity index (χ2v) is 4.29. The Labute approximate surface area is 108 Å². The first kappa shape index (κ1) is 12.9. The van der Waals surface area contributed by atoms with Gasteiger partial charge < -0.3 is 4.42 Å². The second-order valence-electron chi connectivity index (χ2n) is 4.29. The van der Waals surface area contributed by atoms with Crippen molar-refractivity contribution in [3.63, 3.8) is 0 Å². The number of rotatable bonds is 4. The van der Waals surface area contributed by atoms with Crippen molar-refractivity contribution in [3.8, 4) is 6.07 Å². The van der Waals surface area contributed by atoms with E-state index in [1.807, 2.05) is 13.0 Å². The van der Waals surface area contributed by atoms with Crippen LogP contribution in [0.4, 0.5) is 0 Å². The van der Waals surface area contributed by atoms with Crippen LogP contribution < -0.4 is 11.2 Å². The smallest absolute Gasteiger partial charge is 0.328 e. The van der Waals surface area contributed by atoms with Crippen molar-refractivity contribution in [2.75, 3.05) is 0 Å². The van der Waals surface area contributed by atoms with E-state index in [-0.39, 0.29) is 11.6 Å². The van der Waals surface area contributed by atoms with Gasteiger partial charge in [0.2, 0.25) is 0 Å². The molecule has 98 valence electrons. The summed E-state index contributed by atoms with van der Waals surface area (Å²) in [6, 6.07) is 5.30. The average Bonchev–Trinajstić information content (AvgIpc) is 2.89. The highest BCUT2D eigenvalue weighted by Gasteiger charge is 2.11. The maximum absolute atomic E-state index is 11.7. The van der Waals surface area contributed by atoms with E-state index in [0.29, 0.717) is 12.8 Å². The van der Waals surface area contributed by atoms with Crippen molar-refractivity contribution in [2.45, 2.75) is 25.8 Å². The van der Waals surface area contributed by atoms with Gasteiger partial charge in [-0.2, -0.15) is 5.26 Å². The molecule has 19 heavy (non-hydrogen) atoms. The van der Waals surface area contributed by atoms with E-state index >= 15 is 0 Å². The molecule has 2 aromatic rings. The molecule has 0 bridgehead atoms. The highest BCUT2D eigenvalue weighted by atomic mass is 16.3. The first-order valence-corrected chi connectivity index (χ1v) is 5.89. The van der Waals surface area contributed by atoms with Crippen molar-refractivity contribution in [2.24, 2.45) is 0 Å². The molecule has 2 heterocycles. The highest BCUT2D eigenvalue weighted by molar-refractivity contribution is 5.21. The number of furan rings is 1. The number of nitriles is 1. The lowest BCUT2D eigenvalue weighted by Crippen LogP contribution is -2.32. The number of aryl methyl sites for hydroxylation is 1. The number of hydrogen-bond donors (Lipinski definition) is 1. The molecule has 0 radical (unpaired) electrons. The van der Waals surface area contributed by atoms with Gasteiger partial charge in [0.25, 0.3) is 5.56 Å². The largest absolute Gasteiger partial charge is 0.469 e. The molecule has 0 aliphatic rings. The van der Waals surface area contributed by atoms with Crippen LogP contribution in [0, 0.1) is 11.3 Å². The Morgan fingerprint density at radius 1 is 1.53 bits per heavy atom. The summed E-state index contributed by atoms with van der Waals surface area (Å²) >= 11 is 0. The highest BCUT2D eigenvalue weighted by Crippen LogP contribution is 2.13. The first-order valence-electron chi connectivity index (χ1n) is 5.89. The van der Waals surface area contributed by atoms with Gasteiger partial charge >= 0.3 is 5.69 Å². The lowest BCUT2D eigenvalue weighted by molar-refractivity contribution is 0.440. The van der Waals surface area contributed by atoms with Crippen molar-refractivity contribution in [3.05, 3.63) is 56.8 Å². The van der Waals surface area contributed by atoms with Crippen molar-refractivity contribution in [1.29, 1.82) is 5.26 Å². The SMILES string of the molecule is CC(CCc1ccco1)n1cc(C#N)c(=O)[nH]c1=O. The van der Waals surface area contributed by atoms with Gasteiger partial charge in [0.1, 0.15) is 17.4 Å². The lowest BCUT2D eigenvalue weighted by Gasteiger charge is -2.13. The summed E-state index contributed by atoms with van der Waals surface area (Å²) in [5.41, 5.74) is -1.22. The van der Waals surface area contributed by atoms with Crippen molar-refractivity contribution >= 4 is 0 Å². The van der Waals surface area contributed by atoms with Crippen LogP contribution in [0.15, 0.2) is 38.6 Å². The predicted octanol–water partition coefficient (Wildman–Crippen LogP) is 1.20. The molecule has 2 rings (SSSR count). The summed E-state index contributed by atoms with van der Waals surface area (Å²) in [5.74, 6) is 0.838. The average molecular weight is 259 g/mol. The van der Waals surface area contributed by atoms with E-state index in [1.165, 1.54) is 10.8 Å². The Morgan fingerprint density at radius 3 is 2.95 bits per heavy atom. The van der Waals surface area contributed by atoms with Gasteiger partial charge in [-0.15, -0.1) is 0 Å². The lowest BCUT2D eigenvalue weighted by atomic mass is 10.1. The fraction of sp³-hybridized carbons (Fsp3) is 0.308. The number of nitrogens with one attached hydrogen (secondary N) is 1. The molecule has 6 heteroatoms. The maximum Gasteiger partial charge on any atom is 0.328 e. The summed E-state index contributed by atoms with van der Waals surface area (Å²) in [4.78, 5) is 25.1. The van der Waals surface area contributed by atoms with Gasteiger partial charge in [0.15, 0.2) is 0 Å². The van der Waals surface area contributed by atoms with E-state index in [4.69, 9.17) is 9.68 Å². The van der Waals surface area contributed by atoms with Crippen LogP contribution in [-0.4, -0.2) is 9.55 Å². The molecule has 0 aliphatic heterocycles. The summed E-state index contributed by atoms with van der Waals surface area (Å²) in [6.45, 7) is 1.85. The molecule has 0 spiro atoms. The summed E-state index contributed by atoms with van der Waals surface area (Å²) in [7, 11) is 0. The third kappa shape index (κ3) is 2.83. The predicted molar refractivity (Wildman–Crippen MR) is 67.8 cm³/mol. The van der Waals surface area contributed by atoms with Crippen molar-refractivity contribution < 1.29 is 4.42 Å². The van der Waals surface area contributed by atoms with Gasteiger partial charge in [0.05, 0.1) is 6.26 Å². The van der Waals surface area contributed by atoms with Crippen LogP contribution in [0.25, 0.3) is 0 Å². The number of nitrogens with zero attached hydrogens (tertiary/aromatic N) is 2. The number of H-pyrrole nitrogens is 1. The normalized spacial score (nSPS) is 12.0. The van der Waals surface area contributed by atoms with Crippen LogP contribution in [0.2, 0.25) is 0 Å². The van der Waals surface area contributed by atoms with Crippen LogP contribution in [0.5, 0.6) is 0 Å². The van der Waals surface area contributed by atoms with Crippen molar-refractivity contribution in [1.82, 2.24) is 9.55 Å². The molecular weight excluding hydrogens is 246 g/mol. The van der Waals surface area contributed by atoms with Gasteiger partial charge in [-0.25, -0.2) is 4.79 Å². The first-order chi connectivity index (χ1) is 9.11. The second kappa shape index (κ2) is 5.40. The van der Waals surface area contributed by atoms with Gasteiger partial charge in [-0.3, -0.25) is 14.3 Å². The molecule has 1 unspecified atom stereocenters. The van der Waals surface area contributed by atoms with E-state index in [0.717, 1.165) is 5.76 Å². The third-order valence-corrected chi connectivity index (χ3v) is 2.95. The van der Waals surface area contributed by atoms with Gasteiger partial charge in [0, 0.05) is 18.7 Å². The topological polar surface area (TPSA) is 91.8 Å². The zero-order valence-electron chi connectivity index (χ0n) is 10.4. The number of aromatic nitrogens is 2. The zero-order valence-corrected chi connectivity index (χ0v) is 10.4. The minimum atomic E-state index is -0.651. The van der Waals surface area contributed by atoms with Crippen LogP contribution in [-0.2, 0) is 6.42 Å². The Hall–Kier alpha value is -2.55. The molecule has 0 aromatic carbocycles. The molecule has 6 nitrogen and oxygen atoms in total. The monoisotopic (exact) mass is 259 g/mol. The van der Waals surface area contributed by atoms with Crippen LogP contribution >= 0.6 is 0 Å². The van der Waals surface area contributed by atoms with E-state index in [1.54, 1.807) is 18.4 Å². The molecule has 1 N–H and O–H groups in total. The summed E-state index contributed by atoms with van der Waals surface area (Å²) in [5, 5.41) is 8.80. The van der Waals surface area contributed by atoms with E-state index in [9.17, 15) is 9.59 Å². The Balaban J connectivity index is 2.19. The van der Waals surface area contributed by atoms with E-state index < -0.39 is 11.2 Å². The third-order valence-electron chi connectivity index (χ3n) is 2.95. The van der Waals surface area contributed by atoms with Crippen LogP contribution in [0.3, 0.4) is 0 Å². The Bertz CT molecular complexity index is 704. The maximum atomic E-state index is 11.7. The Morgan fingerprint density at radius 2 is 2.32 bits per heavy atom. The number of hydrogen-bond acceptors (Lipinski definition) is 4. The summed E-state index contributed by atoms with van der Waals surface area (Å²) < 4.78 is 6.58. The minimum Gasteiger partial charge on any atom is -0.469 e. The molecule has 0 fully saturated rings. The molecule has 2 aromatic heterocycles. The minimum absolute atomic E-state index is 0.0653. The fourth-order valence-corrected chi connectivity index (χ4v) is 1.84. The van der Waals surface area contributed by atoms with E-state index in [2.05, 4.69) is 4.98 Å². The number of aromatic amines is 1. The molecule has 0 amide bonds.